The highest BCUT2D eigenvalue weighted by Gasteiger charge is 2.14. The molecule has 0 spiro atoms. The average Bonchev–Trinajstić information content (AvgIpc) is 3.21. The molecule has 0 unspecified atom stereocenters. The molecule has 2 heterocycles. The van der Waals surface area contributed by atoms with Crippen LogP contribution in [0.5, 0.6) is 5.75 Å². The summed E-state index contributed by atoms with van der Waals surface area (Å²) in [5.74, 6) is 0.444. The van der Waals surface area contributed by atoms with Crippen LogP contribution < -0.4 is 10.1 Å². The molecule has 7 heteroatoms. The molecule has 0 saturated heterocycles. The lowest BCUT2D eigenvalue weighted by molar-refractivity contribution is 0.102. The Morgan fingerprint density at radius 3 is 2.89 bits per heavy atom. The smallest absolute Gasteiger partial charge is 0.273 e. The van der Waals surface area contributed by atoms with Gasteiger partial charge in [0.05, 0.1) is 24.0 Å². The standard InChI is InChI=1S/C20H15BrN4O2/c1-27-13-5-2-4-12(10-13)17-11-18(25-24-17)20(26)23-16-8-7-15(21)14-6-3-9-22-19(14)16/h2-11H,1H3,(H,23,26)(H,24,25). The summed E-state index contributed by atoms with van der Waals surface area (Å²) in [6, 6.07) is 16.7. The van der Waals surface area contributed by atoms with E-state index in [0.29, 0.717) is 22.6 Å². The first kappa shape index (κ1) is 17.2. The largest absolute Gasteiger partial charge is 0.497 e. The normalized spacial score (nSPS) is 10.7. The molecule has 4 aromatic rings. The van der Waals surface area contributed by atoms with E-state index in [1.165, 1.54) is 0 Å². The Balaban J connectivity index is 1.61. The number of rotatable bonds is 4. The lowest BCUT2D eigenvalue weighted by atomic mass is 10.1. The van der Waals surface area contributed by atoms with Gasteiger partial charge < -0.3 is 10.1 Å². The number of hydrogen-bond donors (Lipinski definition) is 2. The van der Waals surface area contributed by atoms with Crippen LogP contribution >= 0.6 is 15.9 Å². The number of carbonyl (C=O) groups is 1. The lowest BCUT2D eigenvalue weighted by Gasteiger charge is -2.08. The maximum absolute atomic E-state index is 12.7. The van der Waals surface area contributed by atoms with Gasteiger partial charge in [-0.1, -0.05) is 34.1 Å². The second kappa shape index (κ2) is 7.20. The number of nitrogens with one attached hydrogen (secondary N) is 2. The van der Waals surface area contributed by atoms with Crippen molar-refractivity contribution in [2.75, 3.05) is 12.4 Å². The maximum Gasteiger partial charge on any atom is 0.273 e. The number of ether oxygens (including phenoxy) is 1. The van der Waals surface area contributed by atoms with E-state index in [1.807, 2.05) is 48.5 Å². The highest BCUT2D eigenvalue weighted by molar-refractivity contribution is 9.10. The van der Waals surface area contributed by atoms with Crippen LogP contribution in [0.1, 0.15) is 10.5 Å². The Labute approximate surface area is 163 Å². The molecule has 2 aromatic heterocycles. The van der Waals surface area contributed by atoms with Gasteiger partial charge in [0.15, 0.2) is 0 Å². The van der Waals surface area contributed by atoms with Crippen molar-refractivity contribution >= 4 is 38.4 Å². The molecule has 27 heavy (non-hydrogen) atoms. The van der Waals surface area contributed by atoms with E-state index in [4.69, 9.17) is 4.74 Å². The first-order valence-electron chi connectivity index (χ1n) is 8.20. The predicted molar refractivity (Wildman–Crippen MR) is 108 cm³/mol. The summed E-state index contributed by atoms with van der Waals surface area (Å²) in [6.45, 7) is 0. The molecule has 2 aromatic carbocycles. The number of benzene rings is 2. The summed E-state index contributed by atoms with van der Waals surface area (Å²) < 4.78 is 6.15. The fourth-order valence-corrected chi connectivity index (χ4v) is 3.25. The lowest BCUT2D eigenvalue weighted by Crippen LogP contribution is -2.12. The van der Waals surface area contributed by atoms with Crippen molar-refractivity contribution in [2.45, 2.75) is 0 Å². The van der Waals surface area contributed by atoms with Crippen LogP contribution in [-0.2, 0) is 0 Å². The molecule has 4 rings (SSSR count). The summed E-state index contributed by atoms with van der Waals surface area (Å²) in [6.07, 6.45) is 1.70. The van der Waals surface area contributed by atoms with Crippen LogP contribution in [0.3, 0.4) is 0 Å². The van der Waals surface area contributed by atoms with Crippen molar-refractivity contribution in [2.24, 2.45) is 0 Å². The molecular formula is C20H15BrN4O2. The van der Waals surface area contributed by atoms with Crippen molar-refractivity contribution < 1.29 is 9.53 Å². The SMILES string of the molecule is COc1cccc(-c2cc(C(=O)Nc3ccc(Br)c4cccnc34)[nH]n2)c1. The first-order chi connectivity index (χ1) is 13.2. The molecule has 6 nitrogen and oxygen atoms in total. The Bertz CT molecular complexity index is 1140. The molecule has 2 N–H and O–H groups in total. The number of nitrogens with zero attached hydrogens (tertiary/aromatic N) is 2. The van der Waals surface area contributed by atoms with Crippen LogP contribution in [0, 0.1) is 0 Å². The number of anilines is 1. The molecule has 0 aliphatic carbocycles. The summed E-state index contributed by atoms with van der Waals surface area (Å²) in [7, 11) is 1.61. The third-order valence-electron chi connectivity index (χ3n) is 4.15. The number of amides is 1. The third-order valence-corrected chi connectivity index (χ3v) is 4.84. The highest BCUT2D eigenvalue weighted by Crippen LogP contribution is 2.29. The minimum atomic E-state index is -0.286. The molecule has 0 atom stereocenters. The summed E-state index contributed by atoms with van der Waals surface area (Å²) in [5.41, 5.74) is 3.24. The second-order valence-corrected chi connectivity index (χ2v) is 6.70. The van der Waals surface area contributed by atoms with Gasteiger partial charge in [-0.25, -0.2) is 0 Å². The number of carbonyl (C=O) groups excluding carboxylic acids is 1. The third kappa shape index (κ3) is 3.41. The van der Waals surface area contributed by atoms with E-state index in [2.05, 4.69) is 36.4 Å². The predicted octanol–water partition coefficient (Wildman–Crippen LogP) is 4.65. The van der Waals surface area contributed by atoms with Gasteiger partial charge in [-0.05, 0) is 36.4 Å². The molecule has 1 amide bonds. The van der Waals surface area contributed by atoms with Gasteiger partial charge in [0.2, 0.25) is 0 Å². The number of aromatic amines is 1. The monoisotopic (exact) mass is 422 g/mol. The van der Waals surface area contributed by atoms with Crippen LogP contribution in [0.2, 0.25) is 0 Å². The molecule has 0 fully saturated rings. The molecule has 0 aliphatic rings. The summed E-state index contributed by atoms with van der Waals surface area (Å²) >= 11 is 3.50. The molecular weight excluding hydrogens is 408 g/mol. The van der Waals surface area contributed by atoms with Gasteiger partial charge in [0.1, 0.15) is 11.4 Å². The zero-order valence-corrected chi connectivity index (χ0v) is 15.9. The van der Waals surface area contributed by atoms with Gasteiger partial charge in [-0.3, -0.25) is 14.9 Å². The zero-order valence-electron chi connectivity index (χ0n) is 14.4. The number of aromatic nitrogens is 3. The van der Waals surface area contributed by atoms with E-state index in [-0.39, 0.29) is 5.91 Å². The van der Waals surface area contributed by atoms with Crippen molar-refractivity contribution in [3.05, 3.63) is 71.0 Å². The van der Waals surface area contributed by atoms with Gasteiger partial charge in [0.25, 0.3) is 5.91 Å². The maximum atomic E-state index is 12.7. The average molecular weight is 423 g/mol. The number of pyridine rings is 1. The van der Waals surface area contributed by atoms with Crippen molar-refractivity contribution in [1.82, 2.24) is 15.2 Å². The molecule has 0 bridgehead atoms. The van der Waals surface area contributed by atoms with E-state index < -0.39 is 0 Å². The van der Waals surface area contributed by atoms with Crippen LogP contribution in [0.25, 0.3) is 22.2 Å². The van der Waals surface area contributed by atoms with Gasteiger partial charge in [-0.2, -0.15) is 5.10 Å². The number of H-pyrrole nitrogens is 1. The van der Waals surface area contributed by atoms with E-state index >= 15 is 0 Å². The van der Waals surface area contributed by atoms with Gasteiger partial charge >= 0.3 is 0 Å². The molecule has 0 aliphatic heterocycles. The quantitative estimate of drug-likeness (QED) is 0.501. The van der Waals surface area contributed by atoms with Crippen LogP contribution in [0.4, 0.5) is 5.69 Å². The Hall–Kier alpha value is -3.19. The summed E-state index contributed by atoms with van der Waals surface area (Å²) in [4.78, 5) is 17.0. The molecule has 134 valence electrons. The number of halogens is 1. The zero-order chi connectivity index (χ0) is 18.8. The van der Waals surface area contributed by atoms with Crippen molar-refractivity contribution in [3.63, 3.8) is 0 Å². The van der Waals surface area contributed by atoms with E-state index in [9.17, 15) is 4.79 Å². The van der Waals surface area contributed by atoms with E-state index in [0.717, 1.165) is 21.2 Å². The second-order valence-electron chi connectivity index (χ2n) is 5.85. The Morgan fingerprint density at radius 1 is 1.15 bits per heavy atom. The minimum Gasteiger partial charge on any atom is -0.497 e. The van der Waals surface area contributed by atoms with Crippen molar-refractivity contribution in [1.29, 1.82) is 0 Å². The first-order valence-corrected chi connectivity index (χ1v) is 8.99. The highest BCUT2D eigenvalue weighted by atomic mass is 79.9. The van der Waals surface area contributed by atoms with Gasteiger partial charge in [0, 0.05) is 21.6 Å². The fourth-order valence-electron chi connectivity index (χ4n) is 2.80. The Kier molecular flexibility index (Phi) is 4.60. The van der Waals surface area contributed by atoms with Crippen LogP contribution in [0.15, 0.2) is 65.3 Å². The summed E-state index contributed by atoms with van der Waals surface area (Å²) in [5, 5.41) is 10.9. The molecule has 0 radical (unpaired) electrons. The minimum absolute atomic E-state index is 0.286. The van der Waals surface area contributed by atoms with Crippen molar-refractivity contribution in [3.8, 4) is 17.0 Å². The topological polar surface area (TPSA) is 79.9 Å². The Morgan fingerprint density at radius 2 is 2.04 bits per heavy atom. The van der Waals surface area contributed by atoms with E-state index in [1.54, 1.807) is 19.4 Å². The molecule has 0 saturated carbocycles. The number of fused-ring (bicyclic) bond motifs is 1. The number of methoxy groups -OCH3 is 1. The van der Waals surface area contributed by atoms with Crippen LogP contribution in [-0.4, -0.2) is 28.2 Å². The van der Waals surface area contributed by atoms with Gasteiger partial charge in [-0.15, -0.1) is 0 Å². The number of hydrogen-bond acceptors (Lipinski definition) is 4. The fraction of sp³-hybridized carbons (Fsp3) is 0.0500.